The van der Waals surface area contributed by atoms with E-state index in [-0.39, 0.29) is 11.6 Å². The third kappa shape index (κ3) is 7.39. The van der Waals surface area contributed by atoms with Gasteiger partial charge in [0.15, 0.2) is 11.6 Å². The van der Waals surface area contributed by atoms with E-state index in [1.54, 1.807) is 0 Å². The standard InChI is InChI=1S/C6H4O2.C5H10S.H4N2/c7-5-1-2-6(8)4-3-5;1-5-3-2-4-6-5;1-2/h1-4H;5H,2-4H2,1H3;1-2H2. The number of hydrazine groups is 1. The van der Waals surface area contributed by atoms with Crippen LogP contribution in [0.5, 0.6) is 0 Å². The van der Waals surface area contributed by atoms with Crippen LogP contribution in [0, 0.1) is 0 Å². The zero-order valence-electron chi connectivity index (χ0n) is 9.39. The summed E-state index contributed by atoms with van der Waals surface area (Å²) < 4.78 is 0. The molecule has 1 heterocycles. The van der Waals surface area contributed by atoms with Crippen LogP contribution in [0.2, 0.25) is 0 Å². The Labute approximate surface area is 100 Å². The minimum absolute atomic E-state index is 0.121. The summed E-state index contributed by atoms with van der Waals surface area (Å²) >= 11 is 2.10. The summed E-state index contributed by atoms with van der Waals surface area (Å²) in [6.45, 7) is 2.30. The molecule has 0 bridgehead atoms. The molecule has 1 aliphatic carbocycles. The zero-order chi connectivity index (χ0) is 12.4. The molecule has 2 aliphatic rings. The van der Waals surface area contributed by atoms with Gasteiger partial charge in [-0.05, 0) is 42.9 Å². The number of rotatable bonds is 0. The highest BCUT2D eigenvalue weighted by Crippen LogP contribution is 2.24. The second-order valence-corrected chi connectivity index (χ2v) is 4.84. The van der Waals surface area contributed by atoms with Gasteiger partial charge in [-0.1, -0.05) is 6.92 Å². The van der Waals surface area contributed by atoms with Crippen molar-refractivity contribution in [2.45, 2.75) is 25.0 Å². The average Bonchev–Trinajstić information content (AvgIpc) is 2.77. The Morgan fingerprint density at radius 2 is 1.56 bits per heavy atom. The molecule has 5 heteroatoms. The summed E-state index contributed by atoms with van der Waals surface area (Å²) in [6, 6.07) is 0. The van der Waals surface area contributed by atoms with Crippen molar-refractivity contribution in [2.75, 3.05) is 5.75 Å². The molecular formula is C11H18N2O2S. The van der Waals surface area contributed by atoms with Gasteiger partial charge in [0.1, 0.15) is 0 Å². The molecule has 1 unspecified atom stereocenters. The SMILES string of the molecule is CC1CCCS1.NN.O=C1C=CC(=O)C=C1. The summed E-state index contributed by atoms with van der Waals surface area (Å²) in [4.78, 5) is 20.6. The lowest BCUT2D eigenvalue weighted by Gasteiger charge is -1.91. The van der Waals surface area contributed by atoms with Gasteiger partial charge >= 0.3 is 0 Å². The van der Waals surface area contributed by atoms with E-state index in [0.29, 0.717) is 0 Å². The third-order valence-corrected chi connectivity index (χ3v) is 3.31. The van der Waals surface area contributed by atoms with E-state index in [0.717, 1.165) is 5.25 Å². The van der Waals surface area contributed by atoms with Crippen molar-refractivity contribution in [2.24, 2.45) is 11.7 Å². The van der Waals surface area contributed by atoms with Gasteiger partial charge in [0.2, 0.25) is 0 Å². The van der Waals surface area contributed by atoms with Crippen LogP contribution in [-0.2, 0) is 9.59 Å². The number of ketones is 2. The van der Waals surface area contributed by atoms with Gasteiger partial charge in [0, 0.05) is 5.25 Å². The van der Waals surface area contributed by atoms with Crippen molar-refractivity contribution < 1.29 is 9.59 Å². The Bertz CT molecular complexity index is 244. The molecule has 0 aromatic rings. The summed E-state index contributed by atoms with van der Waals surface area (Å²) in [7, 11) is 0. The fraction of sp³-hybridized carbons (Fsp3) is 0.455. The second-order valence-electron chi connectivity index (χ2n) is 3.30. The van der Waals surface area contributed by atoms with Gasteiger partial charge in [-0.2, -0.15) is 11.8 Å². The molecule has 90 valence electrons. The van der Waals surface area contributed by atoms with E-state index in [9.17, 15) is 9.59 Å². The molecule has 16 heavy (non-hydrogen) atoms. The van der Waals surface area contributed by atoms with E-state index in [1.165, 1.54) is 42.9 Å². The van der Waals surface area contributed by atoms with Crippen LogP contribution in [-0.4, -0.2) is 22.6 Å². The molecular weight excluding hydrogens is 224 g/mol. The Balaban J connectivity index is 0.000000251. The lowest BCUT2D eigenvalue weighted by molar-refractivity contribution is -0.113. The minimum Gasteiger partial charge on any atom is -0.290 e. The Morgan fingerprint density at radius 1 is 1.12 bits per heavy atom. The fourth-order valence-corrected chi connectivity index (χ4v) is 2.25. The van der Waals surface area contributed by atoms with Crippen molar-refractivity contribution in [1.29, 1.82) is 0 Å². The summed E-state index contributed by atoms with van der Waals surface area (Å²) in [5.41, 5.74) is 0. The van der Waals surface area contributed by atoms with E-state index >= 15 is 0 Å². The van der Waals surface area contributed by atoms with Gasteiger partial charge in [0.05, 0.1) is 0 Å². The maximum absolute atomic E-state index is 10.3. The van der Waals surface area contributed by atoms with Crippen LogP contribution < -0.4 is 11.7 Å². The first kappa shape index (κ1) is 15.1. The monoisotopic (exact) mass is 242 g/mol. The molecule has 4 N–H and O–H groups in total. The molecule has 0 radical (unpaired) electrons. The van der Waals surface area contributed by atoms with E-state index in [4.69, 9.17) is 0 Å². The highest BCUT2D eigenvalue weighted by Gasteiger charge is 2.07. The predicted octanol–water partition coefficient (Wildman–Crippen LogP) is 0.971. The Hall–Kier alpha value is -0.910. The van der Waals surface area contributed by atoms with Crippen molar-refractivity contribution in [3.8, 4) is 0 Å². The molecule has 1 saturated heterocycles. The predicted molar refractivity (Wildman–Crippen MR) is 67.8 cm³/mol. The molecule has 4 nitrogen and oxygen atoms in total. The van der Waals surface area contributed by atoms with E-state index in [2.05, 4.69) is 30.4 Å². The first-order valence-corrected chi connectivity index (χ1v) is 6.12. The van der Waals surface area contributed by atoms with Gasteiger partial charge < -0.3 is 0 Å². The van der Waals surface area contributed by atoms with Crippen molar-refractivity contribution in [1.82, 2.24) is 0 Å². The molecule has 0 spiro atoms. The molecule has 1 aliphatic heterocycles. The summed E-state index contributed by atoms with van der Waals surface area (Å²) in [5.74, 6) is 9.16. The van der Waals surface area contributed by atoms with Crippen LogP contribution in [0.1, 0.15) is 19.8 Å². The first-order chi connectivity index (χ1) is 7.68. The van der Waals surface area contributed by atoms with Crippen LogP contribution >= 0.6 is 11.8 Å². The first-order valence-electron chi connectivity index (χ1n) is 5.07. The topological polar surface area (TPSA) is 86.2 Å². The minimum atomic E-state index is -0.121. The smallest absolute Gasteiger partial charge is 0.178 e. The number of allylic oxidation sites excluding steroid dienone is 4. The fourth-order valence-electron chi connectivity index (χ4n) is 1.18. The quantitative estimate of drug-likeness (QED) is 0.375. The average molecular weight is 242 g/mol. The summed E-state index contributed by atoms with van der Waals surface area (Å²) in [5, 5.41) is 0.963. The molecule has 1 fully saturated rings. The van der Waals surface area contributed by atoms with Crippen molar-refractivity contribution in [3.63, 3.8) is 0 Å². The van der Waals surface area contributed by atoms with Crippen LogP contribution in [0.15, 0.2) is 24.3 Å². The number of hydrogen-bond acceptors (Lipinski definition) is 5. The van der Waals surface area contributed by atoms with Crippen LogP contribution in [0.3, 0.4) is 0 Å². The Kier molecular flexibility index (Phi) is 8.80. The molecule has 0 saturated carbocycles. The van der Waals surface area contributed by atoms with E-state index < -0.39 is 0 Å². The maximum atomic E-state index is 10.3. The molecule has 0 aromatic heterocycles. The third-order valence-electron chi connectivity index (χ3n) is 1.98. The molecule has 0 aromatic carbocycles. The van der Waals surface area contributed by atoms with E-state index in [1.807, 2.05) is 0 Å². The lowest BCUT2D eigenvalue weighted by atomic mass is 10.2. The number of thioether (sulfide) groups is 1. The maximum Gasteiger partial charge on any atom is 0.178 e. The summed E-state index contributed by atoms with van der Waals surface area (Å²) in [6.07, 6.45) is 7.91. The van der Waals surface area contributed by atoms with Crippen molar-refractivity contribution in [3.05, 3.63) is 24.3 Å². The molecule has 1 atom stereocenters. The highest BCUT2D eigenvalue weighted by molar-refractivity contribution is 8.00. The number of carbonyl (C=O) groups is 2. The van der Waals surface area contributed by atoms with Gasteiger partial charge in [-0.25, -0.2) is 0 Å². The molecule has 0 amide bonds. The highest BCUT2D eigenvalue weighted by atomic mass is 32.2. The number of carbonyl (C=O) groups excluding carboxylic acids is 2. The normalized spacial score (nSPS) is 22.1. The van der Waals surface area contributed by atoms with Gasteiger partial charge in [-0.15, -0.1) is 0 Å². The van der Waals surface area contributed by atoms with Crippen LogP contribution in [0.4, 0.5) is 0 Å². The zero-order valence-corrected chi connectivity index (χ0v) is 10.2. The largest absolute Gasteiger partial charge is 0.290 e. The number of nitrogens with two attached hydrogens (primary N) is 2. The van der Waals surface area contributed by atoms with Crippen molar-refractivity contribution >= 4 is 23.3 Å². The lowest BCUT2D eigenvalue weighted by Crippen LogP contribution is -2.02. The van der Waals surface area contributed by atoms with Gasteiger partial charge in [0.25, 0.3) is 0 Å². The Morgan fingerprint density at radius 3 is 1.75 bits per heavy atom. The van der Waals surface area contributed by atoms with Gasteiger partial charge in [-0.3, -0.25) is 21.3 Å². The van der Waals surface area contributed by atoms with Crippen LogP contribution in [0.25, 0.3) is 0 Å². The molecule has 2 rings (SSSR count). The second kappa shape index (κ2) is 9.33. The number of hydrogen-bond donors (Lipinski definition) is 2.